The highest BCUT2D eigenvalue weighted by Crippen LogP contribution is 2.25. The van der Waals surface area contributed by atoms with Crippen molar-refractivity contribution >= 4 is 49.8 Å². The molecule has 11 heteroatoms. The van der Waals surface area contributed by atoms with Gasteiger partial charge in [0.25, 0.3) is 10.0 Å². The Kier molecular flexibility index (Phi) is 6.00. The van der Waals surface area contributed by atoms with Crippen molar-refractivity contribution in [2.45, 2.75) is 4.90 Å². The van der Waals surface area contributed by atoms with Crippen molar-refractivity contribution in [1.29, 1.82) is 0 Å². The number of hydrogen-bond donors (Lipinski definition) is 2. The lowest BCUT2D eigenvalue weighted by molar-refractivity contribution is -0.380. The van der Waals surface area contributed by atoms with Crippen LogP contribution in [-0.4, -0.2) is 24.2 Å². The molecule has 0 spiro atoms. The molecular formula is C18H14N4O5S2. The lowest BCUT2D eigenvalue weighted by Crippen LogP contribution is -2.14. The van der Waals surface area contributed by atoms with Crippen LogP contribution in [0.4, 0.5) is 16.5 Å². The number of pyridine rings is 1. The molecule has 0 atom stereocenters. The van der Waals surface area contributed by atoms with Crippen molar-refractivity contribution in [3.05, 3.63) is 81.9 Å². The van der Waals surface area contributed by atoms with E-state index in [1.54, 1.807) is 18.2 Å². The molecule has 0 saturated carbocycles. The Bertz CT molecular complexity index is 1160. The van der Waals surface area contributed by atoms with Gasteiger partial charge in [-0.2, -0.15) is 0 Å². The summed E-state index contributed by atoms with van der Waals surface area (Å²) in [6.07, 6.45) is 4.17. The van der Waals surface area contributed by atoms with Gasteiger partial charge in [0.2, 0.25) is 5.91 Å². The zero-order valence-corrected chi connectivity index (χ0v) is 16.3. The van der Waals surface area contributed by atoms with E-state index in [0.29, 0.717) is 10.6 Å². The molecule has 2 aromatic heterocycles. The van der Waals surface area contributed by atoms with Crippen LogP contribution in [0.1, 0.15) is 4.88 Å². The Morgan fingerprint density at radius 3 is 2.48 bits per heavy atom. The van der Waals surface area contributed by atoms with Crippen LogP contribution in [0, 0.1) is 10.1 Å². The Morgan fingerprint density at radius 1 is 1.10 bits per heavy atom. The van der Waals surface area contributed by atoms with Crippen LogP contribution in [0.15, 0.2) is 71.8 Å². The van der Waals surface area contributed by atoms with Crippen molar-refractivity contribution in [2.75, 3.05) is 10.0 Å². The van der Waals surface area contributed by atoms with E-state index in [2.05, 4.69) is 15.0 Å². The molecule has 148 valence electrons. The minimum Gasteiger partial charge on any atom is -0.323 e. The number of rotatable bonds is 7. The number of nitro groups is 1. The average molecular weight is 430 g/mol. The highest BCUT2D eigenvalue weighted by atomic mass is 32.2. The predicted octanol–water partition coefficient (Wildman–Crippen LogP) is 3.50. The average Bonchev–Trinajstić information content (AvgIpc) is 3.17. The van der Waals surface area contributed by atoms with Crippen LogP contribution >= 0.6 is 11.3 Å². The first-order valence-corrected chi connectivity index (χ1v) is 10.4. The summed E-state index contributed by atoms with van der Waals surface area (Å²) in [4.78, 5) is 26.6. The van der Waals surface area contributed by atoms with Gasteiger partial charge < -0.3 is 5.32 Å². The van der Waals surface area contributed by atoms with Crippen LogP contribution < -0.4 is 10.0 Å². The largest absolute Gasteiger partial charge is 0.324 e. The molecule has 2 N–H and O–H groups in total. The molecule has 0 aliphatic rings. The molecule has 9 nitrogen and oxygen atoms in total. The quantitative estimate of drug-likeness (QED) is 0.335. The first-order chi connectivity index (χ1) is 13.8. The van der Waals surface area contributed by atoms with Gasteiger partial charge in [0.1, 0.15) is 5.82 Å². The number of nitrogens with one attached hydrogen (secondary N) is 2. The standard InChI is InChI=1S/C18H14N4O5S2/c23-17(10-6-14-7-11-18(28-14)22(24)25)20-13-4-8-15(9-5-13)29(26,27)21-16-3-1-2-12-19-16/h1-12H,(H,19,21)(H,20,23)/b10-6+. The lowest BCUT2D eigenvalue weighted by Gasteiger charge is -2.08. The number of carbonyl (C=O) groups is 1. The first-order valence-electron chi connectivity index (χ1n) is 8.11. The van der Waals surface area contributed by atoms with Crippen molar-refractivity contribution < 1.29 is 18.1 Å². The summed E-state index contributed by atoms with van der Waals surface area (Å²) < 4.78 is 27.1. The fraction of sp³-hybridized carbons (Fsp3) is 0. The van der Waals surface area contributed by atoms with Gasteiger partial charge in [0, 0.05) is 28.9 Å². The Morgan fingerprint density at radius 2 is 1.86 bits per heavy atom. The van der Waals surface area contributed by atoms with Gasteiger partial charge in [-0.25, -0.2) is 13.4 Å². The summed E-state index contributed by atoms with van der Waals surface area (Å²) in [5, 5.41) is 13.2. The Labute approximate surface area is 169 Å². The summed E-state index contributed by atoms with van der Waals surface area (Å²) in [6.45, 7) is 0. The zero-order valence-electron chi connectivity index (χ0n) is 14.7. The molecule has 1 aromatic carbocycles. The van der Waals surface area contributed by atoms with Crippen LogP contribution in [-0.2, 0) is 14.8 Å². The minimum atomic E-state index is -3.80. The second-order valence-electron chi connectivity index (χ2n) is 5.60. The van der Waals surface area contributed by atoms with Crippen molar-refractivity contribution in [2.24, 2.45) is 0 Å². The topological polar surface area (TPSA) is 131 Å². The molecule has 29 heavy (non-hydrogen) atoms. The monoisotopic (exact) mass is 430 g/mol. The molecule has 2 heterocycles. The van der Waals surface area contributed by atoms with E-state index >= 15 is 0 Å². The highest BCUT2D eigenvalue weighted by molar-refractivity contribution is 7.92. The molecular weight excluding hydrogens is 416 g/mol. The van der Waals surface area contributed by atoms with Gasteiger partial charge in [0.05, 0.1) is 9.82 Å². The molecule has 0 bridgehead atoms. The molecule has 0 fully saturated rings. The number of benzene rings is 1. The van der Waals surface area contributed by atoms with Crippen LogP contribution in [0.2, 0.25) is 0 Å². The molecule has 0 aliphatic carbocycles. The van der Waals surface area contributed by atoms with E-state index in [1.807, 2.05) is 0 Å². The smallest absolute Gasteiger partial charge is 0.323 e. The second-order valence-corrected chi connectivity index (χ2v) is 8.38. The number of anilines is 2. The van der Waals surface area contributed by atoms with Gasteiger partial charge in [-0.15, -0.1) is 0 Å². The molecule has 0 radical (unpaired) electrons. The maximum Gasteiger partial charge on any atom is 0.324 e. The summed E-state index contributed by atoms with van der Waals surface area (Å²) in [7, 11) is -3.80. The Balaban J connectivity index is 1.63. The van der Waals surface area contributed by atoms with Gasteiger partial charge in [0.15, 0.2) is 0 Å². The van der Waals surface area contributed by atoms with E-state index in [4.69, 9.17) is 0 Å². The third kappa shape index (κ3) is 5.46. The number of sulfonamides is 1. The molecule has 0 unspecified atom stereocenters. The number of amides is 1. The number of aromatic nitrogens is 1. The van der Waals surface area contributed by atoms with Gasteiger partial charge in [-0.1, -0.05) is 17.4 Å². The van der Waals surface area contributed by atoms with E-state index in [1.165, 1.54) is 54.7 Å². The summed E-state index contributed by atoms with van der Waals surface area (Å²) in [5.41, 5.74) is 0.397. The lowest BCUT2D eigenvalue weighted by atomic mass is 10.3. The van der Waals surface area contributed by atoms with Crippen LogP contribution in [0.3, 0.4) is 0 Å². The van der Waals surface area contributed by atoms with E-state index < -0.39 is 20.9 Å². The number of hydrogen-bond acceptors (Lipinski definition) is 7. The predicted molar refractivity (Wildman–Crippen MR) is 110 cm³/mol. The molecule has 3 aromatic rings. The van der Waals surface area contributed by atoms with Crippen molar-refractivity contribution in [1.82, 2.24) is 4.98 Å². The Hall–Kier alpha value is -3.57. The normalized spacial score (nSPS) is 11.3. The number of nitrogens with zero attached hydrogens (tertiary/aromatic N) is 2. The molecule has 0 aliphatic heterocycles. The van der Waals surface area contributed by atoms with E-state index in [9.17, 15) is 23.3 Å². The fourth-order valence-corrected chi connectivity index (χ4v) is 3.94. The zero-order chi connectivity index (χ0) is 20.9. The summed E-state index contributed by atoms with van der Waals surface area (Å²) in [6, 6.07) is 13.4. The minimum absolute atomic E-state index is 0.0128. The van der Waals surface area contributed by atoms with Gasteiger partial charge in [-0.3, -0.25) is 19.6 Å². The molecule has 1 amide bonds. The molecule has 3 rings (SSSR count). The van der Waals surface area contributed by atoms with Gasteiger partial charge >= 0.3 is 5.00 Å². The van der Waals surface area contributed by atoms with E-state index in [0.717, 1.165) is 11.3 Å². The van der Waals surface area contributed by atoms with Crippen molar-refractivity contribution in [3.8, 4) is 0 Å². The first kappa shape index (κ1) is 20.2. The third-order valence-electron chi connectivity index (χ3n) is 3.53. The second kappa shape index (κ2) is 8.63. The summed E-state index contributed by atoms with van der Waals surface area (Å²) >= 11 is 0.950. The number of carbonyl (C=O) groups excluding carboxylic acids is 1. The fourth-order valence-electron chi connectivity index (χ4n) is 2.21. The van der Waals surface area contributed by atoms with E-state index in [-0.39, 0.29) is 15.7 Å². The number of thiophene rings is 1. The van der Waals surface area contributed by atoms with Gasteiger partial charge in [-0.05, 0) is 48.5 Å². The molecule has 0 saturated heterocycles. The van der Waals surface area contributed by atoms with Crippen molar-refractivity contribution in [3.63, 3.8) is 0 Å². The summed E-state index contributed by atoms with van der Waals surface area (Å²) in [5.74, 6) is -0.257. The SMILES string of the molecule is O=C(/C=C/c1ccc([N+](=O)[O-])s1)Nc1ccc(S(=O)(=O)Nc2ccccn2)cc1. The van der Waals surface area contributed by atoms with Crippen LogP contribution in [0.25, 0.3) is 6.08 Å². The third-order valence-corrected chi connectivity index (χ3v) is 5.90. The maximum atomic E-state index is 12.3. The van der Waals surface area contributed by atoms with Crippen LogP contribution in [0.5, 0.6) is 0 Å². The maximum absolute atomic E-state index is 12.3. The highest BCUT2D eigenvalue weighted by Gasteiger charge is 2.14.